The number of fused-ring (bicyclic) bond motifs is 1. The van der Waals surface area contributed by atoms with Gasteiger partial charge in [0.2, 0.25) is 0 Å². The first-order valence-corrected chi connectivity index (χ1v) is 9.23. The number of halogens is 1. The maximum Gasteiger partial charge on any atom is 0.0723 e. The number of rotatable bonds is 3. The quantitative estimate of drug-likeness (QED) is 0.732. The Kier molecular flexibility index (Phi) is 5.01. The van der Waals surface area contributed by atoms with Gasteiger partial charge in [0.05, 0.1) is 12.7 Å². The fraction of sp³-hybridized carbons (Fsp3) is 0.474. The zero-order valence-corrected chi connectivity index (χ0v) is 15.0. The highest BCUT2D eigenvalue weighted by atomic mass is 35.5. The van der Waals surface area contributed by atoms with E-state index in [0.29, 0.717) is 23.0 Å². The first-order chi connectivity index (χ1) is 10.5. The predicted octanol–water partition coefficient (Wildman–Crippen LogP) is 5.39. The van der Waals surface area contributed by atoms with E-state index in [2.05, 4.69) is 51.1 Å². The fourth-order valence-electron chi connectivity index (χ4n) is 3.30. The van der Waals surface area contributed by atoms with Crippen molar-refractivity contribution < 1.29 is 4.74 Å². The van der Waals surface area contributed by atoms with E-state index >= 15 is 0 Å². The molecule has 3 rings (SSSR count). The molecule has 118 valence electrons. The van der Waals surface area contributed by atoms with Crippen LogP contribution in [0.25, 0.3) is 0 Å². The average molecular weight is 335 g/mol. The van der Waals surface area contributed by atoms with E-state index in [0.717, 1.165) is 11.5 Å². The lowest BCUT2D eigenvalue weighted by atomic mass is 9.90. The summed E-state index contributed by atoms with van der Waals surface area (Å²) in [4.78, 5) is 0. The fourth-order valence-corrected chi connectivity index (χ4v) is 4.96. The van der Waals surface area contributed by atoms with Crippen molar-refractivity contribution in [2.75, 3.05) is 0 Å². The summed E-state index contributed by atoms with van der Waals surface area (Å²) in [5.74, 6) is 0.393. The molecule has 4 atom stereocenters. The Morgan fingerprint density at radius 2 is 2.14 bits per heavy atom. The molecule has 3 heteroatoms. The van der Waals surface area contributed by atoms with Crippen molar-refractivity contribution in [1.82, 2.24) is 0 Å². The highest BCUT2D eigenvalue weighted by Gasteiger charge is 2.36. The van der Waals surface area contributed by atoms with Gasteiger partial charge in [0, 0.05) is 21.5 Å². The van der Waals surface area contributed by atoms with Gasteiger partial charge < -0.3 is 4.74 Å². The second-order valence-electron chi connectivity index (χ2n) is 6.41. The second kappa shape index (κ2) is 6.82. The molecule has 1 aliphatic heterocycles. The number of hydrogen-bond acceptors (Lipinski definition) is 2. The third-order valence-electron chi connectivity index (χ3n) is 4.51. The van der Waals surface area contributed by atoms with Crippen LogP contribution in [0.4, 0.5) is 0 Å². The maximum atomic E-state index is 6.33. The summed E-state index contributed by atoms with van der Waals surface area (Å²) in [5.41, 5.74) is 3.90. The Bertz CT molecular complexity index is 607. The minimum Gasteiger partial charge on any atom is -0.373 e. The highest BCUT2D eigenvalue weighted by Crippen LogP contribution is 2.42. The first kappa shape index (κ1) is 16.2. The van der Waals surface area contributed by atoms with E-state index in [9.17, 15) is 0 Å². The molecule has 2 aliphatic rings. The van der Waals surface area contributed by atoms with E-state index in [-0.39, 0.29) is 6.10 Å². The average Bonchev–Trinajstić information content (AvgIpc) is 2.46. The number of thioether (sulfide) groups is 1. The molecule has 0 aromatic heterocycles. The topological polar surface area (TPSA) is 9.23 Å². The summed E-state index contributed by atoms with van der Waals surface area (Å²) in [6, 6.07) is 6.57. The normalized spacial score (nSPS) is 30.8. The summed E-state index contributed by atoms with van der Waals surface area (Å²) in [6.45, 7) is 7.27. The molecule has 0 N–H and O–H groups in total. The van der Waals surface area contributed by atoms with E-state index < -0.39 is 0 Å². The van der Waals surface area contributed by atoms with Gasteiger partial charge in [0.1, 0.15) is 0 Å². The largest absolute Gasteiger partial charge is 0.373 e. The van der Waals surface area contributed by atoms with Gasteiger partial charge in [-0.15, -0.1) is 0 Å². The molecule has 1 fully saturated rings. The van der Waals surface area contributed by atoms with Crippen LogP contribution in [0.2, 0.25) is 0 Å². The second-order valence-corrected chi connectivity index (χ2v) is 8.47. The Morgan fingerprint density at radius 3 is 2.91 bits per heavy atom. The Labute approximate surface area is 142 Å². The summed E-state index contributed by atoms with van der Waals surface area (Å²) in [7, 11) is 0. The van der Waals surface area contributed by atoms with E-state index in [4.69, 9.17) is 16.3 Å². The van der Waals surface area contributed by atoms with Gasteiger partial charge in [0.25, 0.3) is 0 Å². The van der Waals surface area contributed by atoms with Crippen LogP contribution >= 0.6 is 23.4 Å². The zero-order chi connectivity index (χ0) is 15.7. The molecule has 0 amide bonds. The summed E-state index contributed by atoms with van der Waals surface area (Å²) < 4.78 is 6.33. The molecule has 1 saturated heterocycles. The molecule has 0 bridgehead atoms. The highest BCUT2D eigenvalue weighted by molar-refractivity contribution is 8.00. The van der Waals surface area contributed by atoms with Crippen molar-refractivity contribution in [3.8, 4) is 0 Å². The summed E-state index contributed by atoms with van der Waals surface area (Å²) in [5, 5.41) is 1.96. The molecule has 0 spiro atoms. The van der Waals surface area contributed by atoms with Crippen molar-refractivity contribution in [3.05, 3.63) is 58.1 Å². The number of benzene rings is 1. The standard InChI is InChI=1S/C19H23ClOS/c1-12-4-5-15(13(2)8-12)11-21-18-9-14(3)22-19-7-6-16(20)10-17(18)19/h4-8,10,14,17-19H,9,11H2,1-3H3/t14-,17+,18-,19+/m1/s1. The molecule has 1 aromatic carbocycles. The lowest BCUT2D eigenvalue weighted by Gasteiger charge is -2.39. The number of aryl methyl sites for hydroxylation is 2. The Hall–Kier alpha value is -0.700. The molecule has 0 saturated carbocycles. The Balaban J connectivity index is 1.71. The maximum absolute atomic E-state index is 6.33. The number of hydrogen-bond donors (Lipinski definition) is 0. The first-order valence-electron chi connectivity index (χ1n) is 7.91. The summed E-state index contributed by atoms with van der Waals surface area (Å²) >= 11 is 8.24. The number of ether oxygens (including phenoxy) is 1. The van der Waals surface area contributed by atoms with Crippen LogP contribution in [0.15, 0.2) is 41.5 Å². The van der Waals surface area contributed by atoms with Gasteiger partial charge in [-0.25, -0.2) is 0 Å². The minimum atomic E-state index is 0.251. The van der Waals surface area contributed by atoms with Gasteiger partial charge in [-0.05, 0) is 37.5 Å². The molecule has 1 aliphatic carbocycles. The van der Waals surface area contributed by atoms with Gasteiger partial charge in [-0.1, -0.05) is 54.4 Å². The molecule has 1 aromatic rings. The van der Waals surface area contributed by atoms with Crippen LogP contribution in [-0.2, 0) is 11.3 Å². The van der Waals surface area contributed by atoms with Gasteiger partial charge in [-0.3, -0.25) is 0 Å². The lowest BCUT2D eigenvalue weighted by molar-refractivity contribution is 0.00694. The van der Waals surface area contributed by atoms with E-state index in [1.165, 1.54) is 16.7 Å². The van der Waals surface area contributed by atoms with E-state index in [1.54, 1.807) is 0 Å². The zero-order valence-electron chi connectivity index (χ0n) is 13.4. The van der Waals surface area contributed by atoms with Crippen molar-refractivity contribution >= 4 is 23.4 Å². The van der Waals surface area contributed by atoms with Gasteiger partial charge in [-0.2, -0.15) is 11.8 Å². The monoisotopic (exact) mass is 334 g/mol. The van der Waals surface area contributed by atoms with Gasteiger partial charge >= 0.3 is 0 Å². The lowest BCUT2D eigenvalue weighted by Crippen LogP contribution is -2.38. The number of allylic oxidation sites excluding steroid dienone is 2. The van der Waals surface area contributed by atoms with Crippen molar-refractivity contribution in [3.63, 3.8) is 0 Å². The van der Waals surface area contributed by atoms with Crippen LogP contribution < -0.4 is 0 Å². The van der Waals surface area contributed by atoms with Crippen LogP contribution in [0.1, 0.15) is 30.0 Å². The van der Waals surface area contributed by atoms with Crippen LogP contribution in [0.3, 0.4) is 0 Å². The van der Waals surface area contributed by atoms with Crippen LogP contribution in [0, 0.1) is 19.8 Å². The van der Waals surface area contributed by atoms with Crippen molar-refractivity contribution in [1.29, 1.82) is 0 Å². The van der Waals surface area contributed by atoms with Crippen molar-refractivity contribution in [2.24, 2.45) is 5.92 Å². The molecule has 1 heterocycles. The third kappa shape index (κ3) is 3.61. The minimum absolute atomic E-state index is 0.251. The molecule has 22 heavy (non-hydrogen) atoms. The smallest absolute Gasteiger partial charge is 0.0723 e. The molecule has 0 radical (unpaired) electrons. The SMILES string of the molecule is Cc1ccc(CO[C@@H]2C[C@@H](C)S[C@H]3C=CC(Cl)=C[C@H]32)c(C)c1. The van der Waals surface area contributed by atoms with Crippen LogP contribution in [0.5, 0.6) is 0 Å². The van der Waals surface area contributed by atoms with Crippen molar-refractivity contribution in [2.45, 2.75) is 50.4 Å². The van der Waals surface area contributed by atoms with Crippen LogP contribution in [-0.4, -0.2) is 16.6 Å². The van der Waals surface area contributed by atoms with Gasteiger partial charge in [0.15, 0.2) is 0 Å². The molecule has 1 nitrogen and oxygen atoms in total. The van der Waals surface area contributed by atoms with E-state index in [1.807, 2.05) is 17.8 Å². The molecular weight excluding hydrogens is 312 g/mol. The molecule has 0 unspecified atom stereocenters. The summed E-state index contributed by atoms with van der Waals surface area (Å²) in [6.07, 6.45) is 7.78. The third-order valence-corrected chi connectivity index (χ3v) is 6.20. The predicted molar refractivity (Wildman–Crippen MR) is 96.5 cm³/mol. The Morgan fingerprint density at radius 1 is 1.32 bits per heavy atom. The molecular formula is C19H23ClOS.